The second-order valence-corrected chi connectivity index (χ2v) is 4.03. The molecule has 0 bridgehead atoms. The molecule has 0 radical (unpaired) electrons. The van der Waals surface area contributed by atoms with Gasteiger partial charge in [0.2, 0.25) is 0 Å². The molecule has 0 fully saturated rings. The van der Waals surface area contributed by atoms with E-state index in [1.807, 2.05) is 12.1 Å². The third-order valence-corrected chi connectivity index (χ3v) is 2.50. The van der Waals surface area contributed by atoms with E-state index >= 15 is 0 Å². The molecule has 2 N–H and O–H groups in total. The minimum Gasteiger partial charge on any atom is -0.453 e. The first kappa shape index (κ1) is 14.0. The van der Waals surface area contributed by atoms with Crippen LogP contribution in [0.25, 0.3) is 0 Å². The Morgan fingerprint density at radius 2 is 2.14 bits per heavy atom. The number of halogens is 2. The first-order chi connectivity index (χ1) is 6.24. The minimum atomic E-state index is 0. The van der Waals surface area contributed by atoms with Gasteiger partial charge >= 0.3 is 0 Å². The zero-order valence-electron chi connectivity index (χ0n) is 8.33. The first-order valence-corrected chi connectivity index (χ1v) is 5.54. The molecule has 0 aliphatic heterocycles. The van der Waals surface area contributed by atoms with E-state index in [-0.39, 0.29) is 18.4 Å². The lowest BCUT2D eigenvalue weighted by Crippen LogP contribution is -2.08. The summed E-state index contributed by atoms with van der Waals surface area (Å²) < 4.78 is 6.13. The van der Waals surface area contributed by atoms with Gasteiger partial charge in [0.25, 0.3) is 0 Å². The summed E-state index contributed by atoms with van der Waals surface area (Å²) in [6, 6.07) is 3.87. The van der Waals surface area contributed by atoms with Crippen molar-refractivity contribution in [2.24, 2.45) is 5.73 Å². The van der Waals surface area contributed by atoms with Crippen LogP contribution in [-0.4, -0.2) is 0 Å². The summed E-state index contributed by atoms with van der Waals surface area (Å²) >= 11 is 3.26. The van der Waals surface area contributed by atoms with Crippen LogP contribution in [0.1, 0.15) is 44.4 Å². The van der Waals surface area contributed by atoms with E-state index in [0.29, 0.717) is 0 Å². The van der Waals surface area contributed by atoms with E-state index < -0.39 is 0 Å². The summed E-state index contributed by atoms with van der Waals surface area (Å²) in [5, 5.41) is 0. The van der Waals surface area contributed by atoms with Gasteiger partial charge in [-0.05, 0) is 34.5 Å². The highest BCUT2D eigenvalue weighted by Gasteiger charge is 2.09. The van der Waals surface area contributed by atoms with Crippen molar-refractivity contribution in [1.29, 1.82) is 0 Å². The van der Waals surface area contributed by atoms with Crippen molar-refractivity contribution < 1.29 is 4.42 Å². The number of rotatable bonds is 5. The number of nitrogens with two attached hydrogens (primary N) is 1. The fourth-order valence-corrected chi connectivity index (χ4v) is 1.60. The molecule has 0 amide bonds. The van der Waals surface area contributed by atoms with Crippen LogP contribution in [0.2, 0.25) is 0 Å². The lowest BCUT2D eigenvalue weighted by Gasteiger charge is -2.07. The Morgan fingerprint density at radius 3 is 2.64 bits per heavy atom. The molecule has 0 spiro atoms. The van der Waals surface area contributed by atoms with Crippen LogP contribution in [0.5, 0.6) is 0 Å². The molecule has 1 heterocycles. The van der Waals surface area contributed by atoms with Crippen molar-refractivity contribution in [1.82, 2.24) is 0 Å². The third kappa shape index (κ3) is 4.49. The first-order valence-electron chi connectivity index (χ1n) is 4.75. The van der Waals surface area contributed by atoms with Gasteiger partial charge in [0.15, 0.2) is 4.67 Å². The van der Waals surface area contributed by atoms with Crippen LogP contribution >= 0.6 is 28.3 Å². The fourth-order valence-electron chi connectivity index (χ4n) is 1.28. The molecule has 0 saturated carbocycles. The monoisotopic (exact) mass is 281 g/mol. The van der Waals surface area contributed by atoms with E-state index in [2.05, 4.69) is 22.9 Å². The Morgan fingerprint density at radius 1 is 1.43 bits per heavy atom. The summed E-state index contributed by atoms with van der Waals surface area (Å²) in [5.41, 5.74) is 5.93. The predicted octanol–water partition coefficient (Wildman–Crippen LogP) is 4.04. The smallest absolute Gasteiger partial charge is 0.169 e. The highest BCUT2D eigenvalue weighted by atomic mass is 79.9. The van der Waals surface area contributed by atoms with E-state index in [1.54, 1.807) is 0 Å². The summed E-state index contributed by atoms with van der Waals surface area (Å²) in [5.74, 6) is 0.878. The highest BCUT2D eigenvalue weighted by molar-refractivity contribution is 9.10. The van der Waals surface area contributed by atoms with E-state index in [4.69, 9.17) is 10.2 Å². The molecule has 1 aromatic heterocycles. The molecule has 2 nitrogen and oxygen atoms in total. The van der Waals surface area contributed by atoms with Gasteiger partial charge in [-0.2, -0.15) is 0 Å². The van der Waals surface area contributed by atoms with Crippen LogP contribution in [0.3, 0.4) is 0 Å². The Bertz CT molecular complexity index is 252. The predicted molar refractivity (Wildman–Crippen MR) is 64.7 cm³/mol. The minimum absolute atomic E-state index is 0. The maximum Gasteiger partial charge on any atom is 0.169 e. The van der Waals surface area contributed by atoms with Gasteiger partial charge in [0.1, 0.15) is 5.76 Å². The zero-order valence-corrected chi connectivity index (χ0v) is 10.7. The van der Waals surface area contributed by atoms with Crippen molar-refractivity contribution in [3.8, 4) is 0 Å². The second-order valence-electron chi connectivity index (χ2n) is 3.24. The topological polar surface area (TPSA) is 39.2 Å². The Hall–Kier alpha value is 0.01000. The molecule has 14 heavy (non-hydrogen) atoms. The number of furan rings is 1. The Labute approximate surface area is 99.8 Å². The summed E-state index contributed by atoms with van der Waals surface area (Å²) in [7, 11) is 0. The fraction of sp³-hybridized carbons (Fsp3) is 0.600. The molecule has 82 valence electrons. The van der Waals surface area contributed by atoms with Crippen LogP contribution in [-0.2, 0) is 0 Å². The third-order valence-electron chi connectivity index (χ3n) is 2.08. The maximum atomic E-state index is 5.93. The van der Waals surface area contributed by atoms with Crippen molar-refractivity contribution in [2.45, 2.75) is 38.6 Å². The maximum absolute atomic E-state index is 5.93. The van der Waals surface area contributed by atoms with E-state index in [9.17, 15) is 0 Å². The molecule has 0 aliphatic rings. The van der Waals surface area contributed by atoms with Crippen molar-refractivity contribution in [3.63, 3.8) is 0 Å². The summed E-state index contributed by atoms with van der Waals surface area (Å²) in [6.45, 7) is 2.19. The molecule has 0 unspecified atom stereocenters. The Kier molecular flexibility index (Phi) is 7.33. The summed E-state index contributed by atoms with van der Waals surface area (Å²) in [4.78, 5) is 0. The van der Waals surface area contributed by atoms with Crippen LogP contribution < -0.4 is 5.73 Å². The normalized spacial score (nSPS) is 12.2. The quantitative estimate of drug-likeness (QED) is 0.828. The molecule has 0 aliphatic carbocycles. The second kappa shape index (κ2) is 7.32. The molecule has 1 atom stereocenters. The number of unbranched alkanes of at least 4 members (excludes halogenated alkanes) is 2. The zero-order chi connectivity index (χ0) is 9.68. The van der Waals surface area contributed by atoms with Gasteiger partial charge in [0, 0.05) is 0 Å². The van der Waals surface area contributed by atoms with Crippen molar-refractivity contribution >= 4 is 28.3 Å². The van der Waals surface area contributed by atoms with Gasteiger partial charge in [0.05, 0.1) is 6.04 Å². The largest absolute Gasteiger partial charge is 0.453 e. The molecular formula is C10H17BrClNO. The van der Waals surface area contributed by atoms with Crippen LogP contribution in [0.15, 0.2) is 21.2 Å². The number of hydrogen-bond donors (Lipinski definition) is 1. The molecule has 4 heteroatoms. The standard InChI is InChI=1S/C10H16BrNO.ClH/c1-2-3-4-5-8(12)9-6-7-10(11)13-9;/h6-8H,2-5,12H2,1H3;1H/t8-;/m0./s1. The summed E-state index contributed by atoms with van der Waals surface area (Å²) in [6.07, 6.45) is 4.66. The lowest BCUT2D eigenvalue weighted by molar-refractivity contribution is 0.428. The van der Waals surface area contributed by atoms with Gasteiger partial charge in [-0.15, -0.1) is 12.4 Å². The lowest BCUT2D eigenvalue weighted by atomic mass is 10.1. The van der Waals surface area contributed by atoms with E-state index in [1.165, 1.54) is 19.3 Å². The van der Waals surface area contributed by atoms with Crippen molar-refractivity contribution in [2.75, 3.05) is 0 Å². The van der Waals surface area contributed by atoms with Crippen LogP contribution in [0, 0.1) is 0 Å². The van der Waals surface area contributed by atoms with Gasteiger partial charge in [-0.25, -0.2) is 0 Å². The molecule has 0 saturated heterocycles. The number of hydrogen-bond acceptors (Lipinski definition) is 2. The highest BCUT2D eigenvalue weighted by Crippen LogP contribution is 2.22. The average molecular weight is 283 g/mol. The Balaban J connectivity index is 0.00000169. The van der Waals surface area contributed by atoms with Crippen LogP contribution in [0.4, 0.5) is 0 Å². The molecule has 1 aromatic rings. The van der Waals surface area contributed by atoms with Gasteiger partial charge in [-0.1, -0.05) is 26.2 Å². The molecule has 0 aromatic carbocycles. The average Bonchev–Trinajstić information content (AvgIpc) is 2.52. The van der Waals surface area contributed by atoms with Crippen molar-refractivity contribution in [3.05, 3.63) is 22.6 Å². The van der Waals surface area contributed by atoms with Gasteiger partial charge in [-0.3, -0.25) is 0 Å². The molecular weight excluding hydrogens is 265 g/mol. The molecule has 1 rings (SSSR count). The van der Waals surface area contributed by atoms with Gasteiger partial charge < -0.3 is 10.2 Å². The van der Waals surface area contributed by atoms with E-state index in [0.717, 1.165) is 16.9 Å². The SMILES string of the molecule is CCCCC[C@H](N)c1ccc(Br)o1.Cl.